The standard InChI is InChI=1S/C24H17Cl2NO3/c1-13-18-7-5-16(15-4-2-3-14(9-15)10-22(27)28)11-21(18)30-24(13)23(29)19-8-6-17(25)12-20(19)26/h2-9,11-12H,10H2,1H3,(H2,27,28). The average Bonchev–Trinajstić information content (AvgIpc) is 3.03. The van der Waals surface area contributed by atoms with E-state index < -0.39 is 0 Å². The Bertz CT molecular complexity index is 1310. The Morgan fingerprint density at radius 2 is 1.73 bits per heavy atom. The van der Waals surface area contributed by atoms with E-state index in [0.29, 0.717) is 16.2 Å². The van der Waals surface area contributed by atoms with Crippen molar-refractivity contribution < 1.29 is 14.0 Å². The van der Waals surface area contributed by atoms with Crippen molar-refractivity contribution in [3.63, 3.8) is 0 Å². The molecule has 0 unspecified atom stereocenters. The van der Waals surface area contributed by atoms with Crippen LogP contribution in [0.3, 0.4) is 0 Å². The minimum atomic E-state index is -0.381. The lowest BCUT2D eigenvalue weighted by molar-refractivity contribution is -0.117. The molecule has 0 aliphatic carbocycles. The van der Waals surface area contributed by atoms with Crippen molar-refractivity contribution in [1.29, 1.82) is 0 Å². The maximum absolute atomic E-state index is 13.0. The summed E-state index contributed by atoms with van der Waals surface area (Å²) in [4.78, 5) is 24.2. The summed E-state index contributed by atoms with van der Waals surface area (Å²) in [5, 5.41) is 1.58. The largest absolute Gasteiger partial charge is 0.452 e. The third-order valence-corrected chi connectivity index (χ3v) is 5.51. The highest BCUT2D eigenvalue weighted by atomic mass is 35.5. The van der Waals surface area contributed by atoms with Crippen LogP contribution in [0.5, 0.6) is 0 Å². The van der Waals surface area contributed by atoms with E-state index in [0.717, 1.165) is 27.6 Å². The molecule has 3 aromatic carbocycles. The first-order chi connectivity index (χ1) is 14.3. The van der Waals surface area contributed by atoms with Crippen LogP contribution in [0, 0.1) is 6.92 Å². The Balaban J connectivity index is 1.75. The van der Waals surface area contributed by atoms with Gasteiger partial charge in [-0.3, -0.25) is 9.59 Å². The van der Waals surface area contributed by atoms with E-state index in [2.05, 4.69) is 0 Å². The zero-order chi connectivity index (χ0) is 21.4. The van der Waals surface area contributed by atoms with Crippen molar-refractivity contribution in [2.75, 3.05) is 0 Å². The van der Waals surface area contributed by atoms with Gasteiger partial charge in [-0.25, -0.2) is 0 Å². The fourth-order valence-corrected chi connectivity index (χ4v) is 3.97. The number of hydrogen-bond donors (Lipinski definition) is 1. The topological polar surface area (TPSA) is 73.3 Å². The molecular weight excluding hydrogens is 421 g/mol. The number of amides is 1. The number of rotatable bonds is 5. The van der Waals surface area contributed by atoms with E-state index >= 15 is 0 Å². The number of primary amides is 1. The molecule has 1 heterocycles. The van der Waals surface area contributed by atoms with Gasteiger partial charge in [-0.1, -0.05) is 59.6 Å². The van der Waals surface area contributed by atoms with E-state index in [4.69, 9.17) is 33.4 Å². The molecule has 0 bridgehead atoms. The van der Waals surface area contributed by atoms with Gasteiger partial charge in [0.25, 0.3) is 0 Å². The van der Waals surface area contributed by atoms with E-state index in [-0.39, 0.29) is 28.9 Å². The number of halogens is 2. The van der Waals surface area contributed by atoms with Crippen LogP contribution in [0.25, 0.3) is 22.1 Å². The van der Waals surface area contributed by atoms with Crippen LogP contribution in [0.4, 0.5) is 0 Å². The van der Waals surface area contributed by atoms with E-state index in [1.165, 1.54) is 6.07 Å². The molecule has 0 saturated heterocycles. The molecular formula is C24H17Cl2NO3. The molecule has 30 heavy (non-hydrogen) atoms. The van der Waals surface area contributed by atoms with E-state index in [9.17, 15) is 9.59 Å². The van der Waals surface area contributed by atoms with Gasteiger partial charge in [0.05, 0.1) is 11.4 Å². The molecule has 0 fully saturated rings. The van der Waals surface area contributed by atoms with Crippen molar-refractivity contribution in [2.24, 2.45) is 5.73 Å². The van der Waals surface area contributed by atoms with Crippen LogP contribution in [0.15, 0.2) is 65.1 Å². The Morgan fingerprint density at radius 1 is 0.967 bits per heavy atom. The number of carbonyl (C=O) groups is 2. The summed E-state index contributed by atoms with van der Waals surface area (Å²) in [6, 6.07) is 18.1. The number of ketones is 1. The molecule has 6 heteroatoms. The van der Waals surface area contributed by atoms with Crippen molar-refractivity contribution in [2.45, 2.75) is 13.3 Å². The molecule has 0 aliphatic heterocycles. The molecule has 1 amide bonds. The van der Waals surface area contributed by atoms with Crippen LogP contribution in [0.1, 0.15) is 27.2 Å². The Hall–Kier alpha value is -3.08. The number of carbonyl (C=O) groups excluding carboxylic acids is 2. The number of aryl methyl sites for hydroxylation is 1. The van der Waals surface area contributed by atoms with Crippen molar-refractivity contribution in [3.05, 3.63) is 93.2 Å². The zero-order valence-corrected chi connectivity index (χ0v) is 17.6. The summed E-state index contributed by atoms with van der Waals surface area (Å²) >= 11 is 12.1. The Kier molecular flexibility index (Phi) is 5.37. The van der Waals surface area contributed by atoms with Gasteiger partial charge in [0.15, 0.2) is 5.76 Å². The molecule has 0 saturated carbocycles. The summed E-state index contributed by atoms with van der Waals surface area (Å²) in [5.74, 6) is -0.433. The lowest BCUT2D eigenvalue weighted by Gasteiger charge is -2.04. The van der Waals surface area contributed by atoms with Gasteiger partial charge in [0.1, 0.15) is 5.58 Å². The molecule has 0 spiro atoms. The number of hydrogen-bond acceptors (Lipinski definition) is 3. The van der Waals surface area contributed by atoms with Crippen molar-refractivity contribution >= 4 is 45.9 Å². The highest BCUT2D eigenvalue weighted by Crippen LogP contribution is 2.33. The molecule has 4 nitrogen and oxygen atoms in total. The summed E-state index contributed by atoms with van der Waals surface area (Å²) in [5.41, 5.74) is 9.65. The van der Waals surface area contributed by atoms with Crippen LogP contribution in [0.2, 0.25) is 10.0 Å². The first kappa shape index (κ1) is 20.2. The van der Waals surface area contributed by atoms with Crippen LogP contribution in [-0.2, 0) is 11.2 Å². The first-order valence-corrected chi connectivity index (χ1v) is 9.99. The van der Waals surface area contributed by atoms with Gasteiger partial charge >= 0.3 is 0 Å². The van der Waals surface area contributed by atoms with E-state index in [1.54, 1.807) is 12.1 Å². The fourth-order valence-electron chi connectivity index (χ4n) is 3.48. The quantitative estimate of drug-likeness (QED) is 0.390. The number of fused-ring (bicyclic) bond motifs is 1. The predicted molar refractivity (Wildman–Crippen MR) is 119 cm³/mol. The molecule has 4 aromatic rings. The summed E-state index contributed by atoms with van der Waals surface area (Å²) in [6.07, 6.45) is 0.177. The van der Waals surface area contributed by atoms with Crippen LogP contribution < -0.4 is 5.73 Å². The zero-order valence-electron chi connectivity index (χ0n) is 16.0. The van der Waals surface area contributed by atoms with Crippen LogP contribution in [-0.4, -0.2) is 11.7 Å². The highest BCUT2D eigenvalue weighted by molar-refractivity contribution is 6.37. The highest BCUT2D eigenvalue weighted by Gasteiger charge is 2.21. The second-order valence-corrected chi connectivity index (χ2v) is 7.91. The van der Waals surface area contributed by atoms with Gasteiger partial charge in [0, 0.05) is 21.5 Å². The lowest BCUT2D eigenvalue weighted by Crippen LogP contribution is -2.13. The normalized spacial score (nSPS) is 11.0. The third-order valence-electron chi connectivity index (χ3n) is 4.96. The number of nitrogens with two attached hydrogens (primary N) is 1. The minimum absolute atomic E-state index is 0.177. The van der Waals surface area contributed by atoms with Gasteiger partial charge < -0.3 is 10.2 Å². The van der Waals surface area contributed by atoms with Gasteiger partial charge in [-0.05, 0) is 47.9 Å². The van der Waals surface area contributed by atoms with Crippen molar-refractivity contribution in [1.82, 2.24) is 0 Å². The fraction of sp³-hybridized carbons (Fsp3) is 0.0833. The maximum Gasteiger partial charge on any atom is 0.229 e. The second kappa shape index (κ2) is 7.98. The second-order valence-electron chi connectivity index (χ2n) is 7.06. The number of furan rings is 1. The third kappa shape index (κ3) is 3.84. The molecule has 2 N–H and O–H groups in total. The average molecular weight is 438 g/mol. The summed E-state index contributed by atoms with van der Waals surface area (Å²) in [7, 11) is 0. The molecule has 0 aliphatic rings. The van der Waals surface area contributed by atoms with Crippen LogP contribution >= 0.6 is 23.2 Å². The minimum Gasteiger partial charge on any atom is -0.452 e. The van der Waals surface area contributed by atoms with Gasteiger partial charge in [-0.15, -0.1) is 0 Å². The first-order valence-electron chi connectivity index (χ1n) is 9.24. The maximum atomic E-state index is 13.0. The smallest absolute Gasteiger partial charge is 0.229 e. The lowest BCUT2D eigenvalue weighted by atomic mass is 9.99. The number of benzene rings is 3. The van der Waals surface area contributed by atoms with Gasteiger partial charge in [-0.2, -0.15) is 0 Å². The van der Waals surface area contributed by atoms with Crippen molar-refractivity contribution in [3.8, 4) is 11.1 Å². The molecule has 150 valence electrons. The SMILES string of the molecule is Cc1c(C(=O)c2ccc(Cl)cc2Cl)oc2cc(-c3cccc(CC(N)=O)c3)ccc12. The molecule has 0 atom stereocenters. The molecule has 1 aromatic heterocycles. The summed E-state index contributed by atoms with van der Waals surface area (Å²) < 4.78 is 5.94. The summed E-state index contributed by atoms with van der Waals surface area (Å²) in [6.45, 7) is 1.84. The van der Waals surface area contributed by atoms with Gasteiger partial charge in [0.2, 0.25) is 11.7 Å². The Morgan fingerprint density at radius 3 is 2.47 bits per heavy atom. The predicted octanol–water partition coefficient (Wildman–Crippen LogP) is 5.97. The Labute approximate surface area is 183 Å². The molecule has 4 rings (SSSR count). The van der Waals surface area contributed by atoms with E-state index in [1.807, 2.05) is 49.4 Å². The molecule has 0 radical (unpaired) electrons. The monoisotopic (exact) mass is 437 g/mol.